The van der Waals surface area contributed by atoms with Crippen molar-refractivity contribution in [2.24, 2.45) is 5.41 Å². The molecule has 6 nitrogen and oxygen atoms in total. The lowest BCUT2D eigenvalue weighted by Crippen LogP contribution is -2.68. The average molecular weight is 399 g/mol. The summed E-state index contributed by atoms with van der Waals surface area (Å²) in [7, 11) is 1.88. The second kappa shape index (κ2) is 6.69. The monoisotopic (exact) mass is 399 g/mol. The van der Waals surface area contributed by atoms with Crippen LogP contribution in [0, 0.1) is 5.41 Å². The fraction of sp³-hybridized carbons (Fsp3) is 0.208. The summed E-state index contributed by atoms with van der Waals surface area (Å²) >= 11 is 0. The number of hydrogen-bond acceptors (Lipinski definition) is 4. The molecule has 30 heavy (non-hydrogen) atoms. The Morgan fingerprint density at radius 3 is 2.47 bits per heavy atom. The Morgan fingerprint density at radius 1 is 0.933 bits per heavy atom. The molecule has 3 aromatic rings. The SMILES string of the molecule is CN1CC2(Cc3c1ccc1ccccc31)C(=O)NC(=O)N(Cc1ccccc1)C2=O. The molecule has 150 valence electrons. The van der Waals surface area contributed by atoms with E-state index in [-0.39, 0.29) is 19.5 Å². The molecule has 2 heterocycles. The first-order chi connectivity index (χ1) is 14.5. The lowest BCUT2D eigenvalue weighted by Gasteiger charge is -2.45. The number of anilines is 1. The highest BCUT2D eigenvalue weighted by Gasteiger charge is 2.56. The first-order valence-corrected chi connectivity index (χ1v) is 9.93. The van der Waals surface area contributed by atoms with Crippen LogP contribution in [0.1, 0.15) is 11.1 Å². The fourth-order valence-electron chi connectivity index (χ4n) is 4.65. The number of nitrogens with zero attached hydrogens (tertiary/aromatic N) is 2. The van der Waals surface area contributed by atoms with Gasteiger partial charge in [0.1, 0.15) is 5.41 Å². The van der Waals surface area contributed by atoms with Gasteiger partial charge in [-0.1, -0.05) is 60.7 Å². The average Bonchev–Trinajstić information content (AvgIpc) is 2.76. The Kier molecular flexibility index (Phi) is 4.10. The molecule has 2 aliphatic heterocycles. The molecule has 6 heteroatoms. The standard InChI is InChI=1S/C24H21N3O3/c1-26-15-24(13-19-18-10-6-5-9-17(18)11-12-20(19)26)21(28)25-23(30)27(22(24)29)14-16-7-3-2-4-8-16/h2-12H,13-15H2,1H3,(H,25,28,30). The Morgan fingerprint density at radius 2 is 1.67 bits per heavy atom. The van der Waals surface area contributed by atoms with Crippen molar-refractivity contribution in [3.8, 4) is 0 Å². The molecule has 2 aliphatic rings. The minimum atomic E-state index is -1.34. The first kappa shape index (κ1) is 18.4. The smallest absolute Gasteiger partial charge is 0.331 e. The molecule has 0 bridgehead atoms. The number of carbonyl (C=O) groups is 3. The number of rotatable bonds is 2. The number of hydrogen-bond donors (Lipinski definition) is 1. The van der Waals surface area contributed by atoms with Crippen LogP contribution in [0.25, 0.3) is 10.8 Å². The molecule has 1 N–H and O–H groups in total. The van der Waals surface area contributed by atoms with Crippen LogP contribution in [0.5, 0.6) is 0 Å². The molecule has 4 amide bonds. The van der Waals surface area contributed by atoms with Gasteiger partial charge in [0.2, 0.25) is 11.8 Å². The summed E-state index contributed by atoms with van der Waals surface area (Å²) in [6.07, 6.45) is 0.261. The summed E-state index contributed by atoms with van der Waals surface area (Å²) in [6.45, 7) is 0.355. The van der Waals surface area contributed by atoms with Crippen molar-refractivity contribution in [2.45, 2.75) is 13.0 Å². The molecule has 1 spiro atoms. The minimum absolute atomic E-state index is 0.132. The van der Waals surface area contributed by atoms with E-state index in [1.54, 1.807) is 0 Å². The third kappa shape index (κ3) is 2.68. The van der Waals surface area contributed by atoms with Gasteiger partial charge in [0.05, 0.1) is 6.54 Å². The van der Waals surface area contributed by atoms with Gasteiger partial charge in [-0.3, -0.25) is 19.8 Å². The molecule has 1 fully saturated rings. The quantitative estimate of drug-likeness (QED) is 0.673. The molecular formula is C24H21N3O3. The van der Waals surface area contributed by atoms with Crippen LogP contribution in [0.4, 0.5) is 10.5 Å². The van der Waals surface area contributed by atoms with Crippen LogP contribution in [-0.2, 0) is 22.6 Å². The maximum atomic E-state index is 13.6. The summed E-state index contributed by atoms with van der Waals surface area (Å²) in [4.78, 5) is 42.4. The molecule has 1 saturated heterocycles. The Hall–Kier alpha value is -3.67. The van der Waals surface area contributed by atoms with Crippen molar-refractivity contribution in [1.29, 1.82) is 0 Å². The van der Waals surface area contributed by atoms with Crippen molar-refractivity contribution in [3.63, 3.8) is 0 Å². The van der Waals surface area contributed by atoms with Crippen LogP contribution in [-0.4, -0.2) is 36.3 Å². The van der Waals surface area contributed by atoms with E-state index in [1.807, 2.05) is 72.6 Å². The number of fused-ring (bicyclic) bond motifs is 3. The molecule has 0 aliphatic carbocycles. The van der Waals surface area contributed by atoms with Crippen molar-refractivity contribution in [1.82, 2.24) is 10.2 Å². The predicted molar refractivity (Wildman–Crippen MR) is 114 cm³/mol. The van der Waals surface area contributed by atoms with Gasteiger partial charge in [0.25, 0.3) is 0 Å². The van der Waals surface area contributed by atoms with Crippen LogP contribution < -0.4 is 10.2 Å². The van der Waals surface area contributed by atoms with Crippen LogP contribution in [0.2, 0.25) is 0 Å². The maximum absolute atomic E-state index is 13.6. The van der Waals surface area contributed by atoms with E-state index in [9.17, 15) is 14.4 Å². The zero-order valence-electron chi connectivity index (χ0n) is 16.6. The fourth-order valence-corrected chi connectivity index (χ4v) is 4.65. The van der Waals surface area contributed by atoms with Crippen molar-refractivity contribution in [3.05, 3.63) is 77.9 Å². The zero-order valence-corrected chi connectivity index (χ0v) is 16.6. The van der Waals surface area contributed by atoms with E-state index in [1.165, 1.54) is 4.90 Å². The van der Waals surface area contributed by atoms with Gasteiger partial charge >= 0.3 is 6.03 Å². The largest absolute Gasteiger partial charge is 0.373 e. The summed E-state index contributed by atoms with van der Waals surface area (Å²) in [6, 6.07) is 20.7. The van der Waals surface area contributed by atoms with Crippen LogP contribution in [0.15, 0.2) is 66.7 Å². The lowest BCUT2D eigenvalue weighted by molar-refractivity contribution is -0.151. The molecule has 0 saturated carbocycles. The van der Waals surface area contributed by atoms with E-state index in [0.717, 1.165) is 27.6 Å². The second-order valence-corrected chi connectivity index (χ2v) is 8.04. The highest BCUT2D eigenvalue weighted by Crippen LogP contribution is 2.42. The number of urea groups is 1. The van der Waals surface area contributed by atoms with Gasteiger partial charge < -0.3 is 4.90 Å². The summed E-state index contributed by atoms with van der Waals surface area (Å²) < 4.78 is 0. The van der Waals surface area contributed by atoms with E-state index in [2.05, 4.69) is 11.4 Å². The number of nitrogens with one attached hydrogen (secondary N) is 1. The van der Waals surface area contributed by atoms with Crippen LogP contribution >= 0.6 is 0 Å². The van der Waals surface area contributed by atoms with Crippen molar-refractivity contribution >= 4 is 34.3 Å². The normalized spacial score (nSPS) is 21.2. The van der Waals surface area contributed by atoms with Gasteiger partial charge in [0, 0.05) is 25.7 Å². The number of imide groups is 2. The summed E-state index contributed by atoms with van der Waals surface area (Å²) in [5.41, 5.74) is 1.46. The van der Waals surface area contributed by atoms with Gasteiger partial charge in [-0.2, -0.15) is 0 Å². The third-order valence-electron chi connectivity index (χ3n) is 6.15. The molecule has 1 atom stereocenters. The zero-order chi connectivity index (χ0) is 20.9. The maximum Gasteiger partial charge on any atom is 0.331 e. The molecule has 1 unspecified atom stereocenters. The third-order valence-corrected chi connectivity index (χ3v) is 6.15. The highest BCUT2D eigenvalue weighted by molar-refractivity contribution is 6.20. The Bertz CT molecular complexity index is 1190. The molecule has 5 rings (SSSR count). The Balaban J connectivity index is 1.59. The lowest BCUT2D eigenvalue weighted by atomic mass is 9.73. The predicted octanol–water partition coefficient (Wildman–Crippen LogP) is 3.10. The molecule has 0 aromatic heterocycles. The number of carbonyl (C=O) groups excluding carboxylic acids is 3. The van der Waals surface area contributed by atoms with E-state index < -0.39 is 23.3 Å². The van der Waals surface area contributed by atoms with Crippen molar-refractivity contribution < 1.29 is 14.4 Å². The van der Waals surface area contributed by atoms with Gasteiger partial charge in [-0.15, -0.1) is 0 Å². The molecular weight excluding hydrogens is 378 g/mol. The number of benzene rings is 3. The second-order valence-electron chi connectivity index (χ2n) is 8.04. The highest BCUT2D eigenvalue weighted by atomic mass is 16.2. The van der Waals surface area contributed by atoms with E-state index >= 15 is 0 Å². The summed E-state index contributed by atoms with van der Waals surface area (Å²) in [5, 5.41) is 4.52. The summed E-state index contributed by atoms with van der Waals surface area (Å²) in [5.74, 6) is -0.960. The van der Waals surface area contributed by atoms with E-state index in [0.29, 0.717) is 0 Å². The van der Waals surface area contributed by atoms with E-state index in [4.69, 9.17) is 0 Å². The Labute approximate surface area is 174 Å². The van der Waals surface area contributed by atoms with Crippen LogP contribution in [0.3, 0.4) is 0 Å². The van der Waals surface area contributed by atoms with Crippen molar-refractivity contribution in [2.75, 3.05) is 18.5 Å². The van der Waals surface area contributed by atoms with Gasteiger partial charge in [0.15, 0.2) is 0 Å². The minimum Gasteiger partial charge on any atom is -0.373 e. The van der Waals surface area contributed by atoms with Gasteiger partial charge in [-0.05, 0) is 28.0 Å². The number of barbiturate groups is 1. The van der Waals surface area contributed by atoms with Gasteiger partial charge in [-0.25, -0.2) is 4.79 Å². The topological polar surface area (TPSA) is 69.7 Å². The molecule has 0 radical (unpaired) electrons. The number of amides is 4. The first-order valence-electron chi connectivity index (χ1n) is 9.93. The molecule has 3 aromatic carbocycles.